The Balaban J connectivity index is 3.02. The second-order valence-electron chi connectivity index (χ2n) is 4.58. The zero-order valence-electron chi connectivity index (χ0n) is 12.9. The van der Waals surface area contributed by atoms with Gasteiger partial charge in [0, 0.05) is 35.2 Å². The summed E-state index contributed by atoms with van der Waals surface area (Å²) in [5, 5.41) is 0. The van der Waals surface area contributed by atoms with Gasteiger partial charge in [-0.15, -0.1) is 0 Å². The smallest absolute Gasteiger partial charge is 0.305 e. The van der Waals surface area contributed by atoms with E-state index in [0.29, 0.717) is 0 Å². The van der Waals surface area contributed by atoms with E-state index >= 15 is 0 Å². The van der Waals surface area contributed by atoms with E-state index in [0.717, 1.165) is 0 Å². The number of carbonyl (C=O) groups is 2. The van der Waals surface area contributed by atoms with Crippen LogP contribution in [0.25, 0.3) is 0 Å². The van der Waals surface area contributed by atoms with Crippen molar-refractivity contribution in [3.63, 3.8) is 0 Å². The minimum atomic E-state index is -1.01. The van der Waals surface area contributed by atoms with Gasteiger partial charge in [-0.1, -0.05) is 0 Å². The number of hydrogen-bond donors (Lipinski definition) is 0. The van der Waals surface area contributed by atoms with Crippen LogP contribution in [0.1, 0.15) is 13.8 Å². The Morgan fingerprint density at radius 3 is 1.90 bits per heavy atom. The molecule has 0 aromatic carbocycles. The van der Waals surface area contributed by atoms with Gasteiger partial charge in [0.25, 0.3) is 0 Å². The van der Waals surface area contributed by atoms with Gasteiger partial charge in [0.05, 0.1) is 6.61 Å². The first kappa shape index (κ1) is 17.8. The van der Waals surface area contributed by atoms with Gasteiger partial charge in [-0.3, -0.25) is 9.59 Å². The van der Waals surface area contributed by atoms with E-state index in [1.165, 1.54) is 35.2 Å². The van der Waals surface area contributed by atoms with Crippen LogP contribution in [0, 0.1) is 0 Å². The summed E-state index contributed by atoms with van der Waals surface area (Å²) in [7, 11) is 4.37. The van der Waals surface area contributed by atoms with Crippen molar-refractivity contribution in [2.24, 2.45) is 0 Å². The Morgan fingerprint density at radius 1 is 0.905 bits per heavy atom. The van der Waals surface area contributed by atoms with Crippen LogP contribution in [0.4, 0.5) is 0 Å². The van der Waals surface area contributed by atoms with E-state index in [1.54, 1.807) is 0 Å². The molecule has 0 unspecified atom stereocenters. The Hall–Kier alpha value is -1.22. The third-order valence-corrected chi connectivity index (χ3v) is 3.05. The summed E-state index contributed by atoms with van der Waals surface area (Å²) in [4.78, 5) is 22.5. The molecule has 1 aliphatic heterocycles. The minimum absolute atomic E-state index is 0.185. The van der Waals surface area contributed by atoms with E-state index in [9.17, 15) is 9.59 Å². The summed E-state index contributed by atoms with van der Waals surface area (Å²) in [6.45, 7) is 2.72. The first-order chi connectivity index (χ1) is 9.94. The van der Waals surface area contributed by atoms with Crippen molar-refractivity contribution in [2.45, 2.75) is 44.6 Å². The van der Waals surface area contributed by atoms with Crippen molar-refractivity contribution < 1.29 is 38.0 Å². The summed E-state index contributed by atoms with van der Waals surface area (Å²) < 4.78 is 31.7. The first-order valence-electron chi connectivity index (χ1n) is 6.49. The Morgan fingerprint density at radius 2 is 1.48 bits per heavy atom. The highest BCUT2D eigenvalue weighted by Crippen LogP contribution is 2.28. The van der Waals surface area contributed by atoms with Crippen LogP contribution in [-0.2, 0) is 38.0 Å². The number of hydrogen-bond acceptors (Lipinski definition) is 8. The quantitative estimate of drug-likeness (QED) is 0.628. The van der Waals surface area contributed by atoms with Crippen molar-refractivity contribution in [1.82, 2.24) is 0 Å². The summed E-state index contributed by atoms with van der Waals surface area (Å²) >= 11 is 0. The van der Waals surface area contributed by atoms with Gasteiger partial charge in [-0.25, -0.2) is 0 Å². The topological polar surface area (TPSA) is 89.5 Å². The summed E-state index contributed by atoms with van der Waals surface area (Å²) in [5.74, 6) is -1.03. The van der Waals surface area contributed by atoms with Gasteiger partial charge in [0.1, 0.15) is 12.2 Å². The van der Waals surface area contributed by atoms with E-state index in [1.807, 2.05) is 0 Å². The molecule has 0 aliphatic carbocycles. The van der Waals surface area contributed by atoms with Crippen LogP contribution < -0.4 is 0 Å². The molecule has 1 fully saturated rings. The molecule has 0 spiro atoms. The Bertz CT molecular complexity index is 358. The fourth-order valence-corrected chi connectivity index (χ4v) is 2.29. The zero-order valence-corrected chi connectivity index (χ0v) is 12.9. The molecule has 0 aromatic heterocycles. The van der Waals surface area contributed by atoms with Gasteiger partial charge >= 0.3 is 11.9 Å². The second kappa shape index (κ2) is 8.28. The molecule has 0 saturated carbocycles. The van der Waals surface area contributed by atoms with Crippen molar-refractivity contribution in [2.75, 3.05) is 27.9 Å². The lowest BCUT2D eigenvalue weighted by molar-refractivity contribution is -0.302. The zero-order chi connectivity index (χ0) is 16.0. The van der Waals surface area contributed by atoms with Gasteiger partial charge < -0.3 is 28.4 Å². The largest absolute Gasteiger partial charge is 0.457 e. The van der Waals surface area contributed by atoms with E-state index < -0.39 is 42.6 Å². The van der Waals surface area contributed by atoms with Crippen LogP contribution in [0.15, 0.2) is 0 Å². The maximum absolute atomic E-state index is 11.3. The monoisotopic (exact) mass is 306 g/mol. The average molecular weight is 306 g/mol. The normalized spacial score (nSPS) is 32.5. The molecule has 122 valence electrons. The van der Waals surface area contributed by atoms with E-state index in [-0.39, 0.29) is 6.61 Å². The summed E-state index contributed by atoms with van der Waals surface area (Å²) in [5.41, 5.74) is 0. The van der Waals surface area contributed by atoms with Crippen LogP contribution >= 0.6 is 0 Å². The van der Waals surface area contributed by atoms with Crippen molar-refractivity contribution in [3.05, 3.63) is 0 Å². The maximum atomic E-state index is 11.3. The van der Waals surface area contributed by atoms with Crippen LogP contribution in [0.2, 0.25) is 0 Å². The molecule has 0 bridgehead atoms. The van der Waals surface area contributed by atoms with E-state index in [4.69, 9.17) is 28.4 Å². The average Bonchev–Trinajstić information content (AvgIpc) is 2.38. The molecule has 0 radical (unpaired) electrons. The third-order valence-electron chi connectivity index (χ3n) is 3.05. The molecular weight excluding hydrogens is 284 g/mol. The lowest BCUT2D eigenvalue weighted by atomic mass is 9.98. The minimum Gasteiger partial charge on any atom is -0.457 e. The Labute approximate surface area is 123 Å². The summed E-state index contributed by atoms with van der Waals surface area (Å²) in [6.07, 6.45) is -3.76. The van der Waals surface area contributed by atoms with E-state index in [2.05, 4.69) is 0 Å². The van der Waals surface area contributed by atoms with Gasteiger partial charge in [-0.2, -0.15) is 0 Å². The van der Waals surface area contributed by atoms with Crippen molar-refractivity contribution >= 4 is 11.9 Å². The molecule has 1 heterocycles. The molecule has 8 nitrogen and oxygen atoms in total. The summed E-state index contributed by atoms with van der Waals surface area (Å²) in [6, 6.07) is 0. The van der Waals surface area contributed by atoms with Gasteiger partial charge in [0.15, 0.2) is 12.2 Å². The number of rotatable bonds is 6. The highest BCUT2D eigenvalue weighted by molar-refractivity contribution is 5.67. The SMILES string of the molecule is COC[C@H]1O[C@@H](OC(C)=O)[C@@H](OC)[C@@H](OC(C)=O)[C@@H]1OC. The molecule has 5 atom stereocenters. The third kappa shape index (κ3) is 4.63. The van der Waals surface area contributed by atoms with Crippen molar-refractivity contribution in [1.29, 1.82) is 0 Å². The lowest BCUT2D eigenvalue weighted by Crippen LogP contribution is -2.62. The van der Waals surface area contributed by atoms with Crippen molar-refractivity contribution in [3.8, 4) is 0 Å². The molecule has 0 aromatic rings. The fraction of sp³-hybridized carbons (Fsp3) is 0.846. The molecular formula is C13H22O8. The standard InChI is InChI=1S/C13H22O8/c1-7(14)19-11-10(17-4)9(6-16-3)21-13(12(11)18-5)20-8(2)15/h9-13H,6H2,1-5H3/t9-,10-,11+,12+,13-/m1/s1. The predicted molar refractivity (Wildman–Crippen MR) is 69.5 cm³/mol. The predicted octanol–water partition coefficient (Wildman–Crippen LogP) is -0.117. The molecule has 1 saturated heterocycles. The molecule has 0 N–H and O–H groups in total. The molecule has 21 heavy (non-hydrogen) atoms. The highest BCUT2D eigenvalue weighted by atomic mass is 16.7. The lowest BCUT2D eigenvalue weighted by Gasteiger charge is -2.43. The highest BCUT2D eigenvalue weighted by Gasteiger charge is 2.50. The molecule has 8 heteroatoms. The number of carbonyl (C=O) groups excluding carboxylic acids is 2. The molecule has 0 amide bonds. The number of esters is 2. The Kier molecular flexibility index (Phi) is 7.03. The van der Waals surface area contributed by atoms with Crippen LogP contribution in [0.3, 0.4) is 0 Å². The second-order valence-corrected chi connectivity index (χ2v) is 4.58. The fourth-order valence-electron chi connectivity index (χ4n) is 2.29. The van der Waals surface area contributed by atoms with Gasteiger partial charge in [-0.05, 0) is 0 Å². The first-order valence-corrected chi connectivity index (χ1v) is 6.49. The number of ether oxygens (including phenoxy) is 6. The molecule has 1 rings (SSSR count). The molecule has 1 aliphatic rings. The van der Waals surface area contributed by atoms with Crippen LogP contribution in [-0.4, -0.2) is 70.6 Å². The maximum Gasteiger partial charge on any atom is 0.305 e. The van der Waals surface area contributed by atoms with Gasteiger partial charge in [0.2, 0.25) is 6.29 Å². The number of methoxy groups -OCH3 is 3. The van der Waals surface area contributed by atoms with Crippen LogP contribution in [0.5, 0.6) is 0 Å².